The van der Waals surface area contributed by atoms with E-state index in [1.807, 2.05) is 33.0 Å². The molecule has 2 heterocycles. The van der Waals surface area contributed by atoms with Crippen LogP contribution in [0.3, 0.4) is 0 Å². The minimum atomic E-state index is -0.172. The molecule has 0 aliphatic carbocycles. The molecule has 6 nitrogen and oxygen atoms in total. The van der Waals surface area contributed by atoms with E-state index in [2.05, 4.69) is 15.3 Å². The first kappa shape index (κ1) is 10.5. The van der Waals surface area contributed by atoms with Crippen LogP contribution >= 0.6 is 0 Å². The average molecular weight is 221 g/mol. The Morgan fingerprint density at radius 2 is 2.19 bits per heavy atom. The first-order valence-electron chi connectivity index (χ1n) is 5.04. The number of nitrogens with zero attached hydrogens (tertiary/aromatic N) is 3. The van der Waals surface area contributed by atoms with Gasteiger partial charge in [-0.1, -0.05) is 0 Å². The van der Waals surface area contributed by atoms with Gasteiger partial charge in [0, 0.05) is 13.1 Å². The van der Waals surface area contributed by atoms with Crippen molar-refractivity contribution in [3.8, 4) is 0 Å². The van der Waals surface area contributed by atoms with Crippen molar-refractivity contribution in [2.45, 2.75) is 20.0 Å². The molecule has 1 aliphatic heterocycles. The topological polar surface area (TPSA) is 79.2 Å². The Hall–Kier alpha value is -1.98. The van der Waals surface area contributed by atoms with Gasteiger partial charge in [-0.15, -0.1) is 0 Å². The Kier molecular flexibility index (Phi) is 2.55. The summed E-state index contributed by atoms with van der Waals surface area (Å²) in [6.07, 6.45) is -0.172. The largest absolute Gasteiger partial charge is 0.445 e. The van der Waals surface area contributed by atoms with Gasteiger partial charge in [0.15, 0.2) is 5.96 Å². The first-order chi connectivity index (χ1) is 7.56. The van der Waals surface area contributed by atoms with Gasteiger partial charge in [0.1, 0.15) is 11.9 Å². The number of hydrogen-bond acceptors (Lipinski definition) is 6. The highest BCUT2D eigenvalue weighted by Gasteiger charge is 2.17. The summed E-state index contributed by atoms with van der Waals surface area (Å²) < 4.78 is 5.49. The van der Waals surface area contributed by atoms with Crippen molar-refractivity contribution in [2.24, 2.45) is 15.7 Å². The van der Waals surface area contributed by atoms with Gasteiger partial charge in [-0.25, -0.2) is 9.98 Å². The minimum Gasteiger partial charge on any atom is -0.445 e. The van der Waals surface area contributed by atoms with Gasteiger partial charge in [0.2, 0.25) is 11.8 Å². The van der Waals surface area contributed by atoms with Crippen LogP contribution in [0.2, 0.25) is 0 Å². The monoisotopic (exact) mass is 221 g/mol. The van der Waals surface area contributed by atoms with Crippen molar-refractivity contribution in [1.29, 1.82) is 0 Å². The number of hydrogen-bond donors (Lipinski definition) is 2. The van der Waals surface area contributed by atoms with Crippen LogP contribution in [0.1, 0.15) is 12.7 Å². The van der Waals surface area contributed by atoms with Crippen molar-refractivity contribution in [3.63, 3.8) is 0 Å². The number of furan rings is 1. The molecule has 3 N–H and O–H groups in total. The molecule has 0 fully saturated rings. The molecule has 1 unspecified atom stereocenters. The second-order valence-electron chi connectivity index (χ2n) is 3.67. The Balaban J connectivity index is 2.20. The highest BCUT2D eigenvalue weighted by Crippen LogP contribution is 2.17. The fraction of sp³-hybridized carbons (Fsp3) is 0.400. The van der Waals surface area contributed by atoms with Gasteiger partial charge in [-0.3, -0.25) is 10.2 Å². The summed E-state index contributed by atoms with van der Waals surface area (Å²) in [5, 5.41) is 2.90. The molecular weight excluding hydrogens is 206 g/mol. The number of nitrogens with one attached hydrogen (secondary N) is 1. The molecule has 0 bridgehead atoms. The smallest absolute Gasteiger partial charge is 0.209 e. The lowest BCUT2D eigenvalue weighted by molar-refractivity contribution is 0.538. The maximum Gasteiger partial charge on any atom is 0.209 e. The summed E-state index contributed by atoms with van der Waals surface area (Å²) in [5.74, 6) is 2.57. The van der Waals surface area contributed by atoms with Crippen molar-refractivity contribution < 1.29 is 4.42 Å². The number of anilines is 1. The molecular formula is C10H15N5O. The van der Waals surface area contributed by atoms with Crippen LogP contribution in [0, 0.1) is 6.92 Å². The van der Waals surface area contributed by atoms with Gasteiger partial charge < -0.3 is 10.2 Å². The van der Waals surface area contributed by atoms with Gasteiger partial charge in [-0.2, -0.15) is 0 Å². The predicted octanol–water partition coefficient (Wildman–Crippen LogP) is 0.644. The Bertz CT molecular complexity index is 448. The van der Waals surface area contributed by atoms with Crippen LogP contribution in [-0.4, -0.2) is 25.1 Å². The zero-order valence-corrected chi connectivity index (χ0v) is 9.56. The lowest BCUT2D eigenvalue weighted by Gasteiger charge is -2.23. The van der Waals surface area contributed by atoms with Crippen LogP contribution in [0.5, 0.6) is 0 Å². The summed E-state index contributed by atoms with van der Waals surface area (Å²) in [6.45, 7) is 3.76. The maximum absolute atomic E-state index is 5.64. The first-order valence-corrected chi connectivity index (χ1v) is 5.04. The molecule has 2 rings (SSSR count). The van der Waals surface area contributed by atoms with E-state index in [1.54, 1.807) is 4.90 Å². The van der Waals surface area contributed by atoms with Crippen LogP contribution in [-0.2, 0) is 0 Å². The molecule has 0 saturated heterocycles. The molecule has 1 aromatic rings. The molecule has 6 heteroatoms. The maximum atomic E-state index is 5.64. The van der Waals surface area contributed by atoms with Gasteiger partial charge in [0.25, 0.3) is 0 Å². The third kappa shape index (κ3) is 2.00. The zero-order valence-electron chi connectivity index (χ0n) is 9.56. The highest BCUT2D eigenvalue weighted by atomic mass is 16.4. The van der Waals surface area contributed by atoms with E-state index in [1.165, 1.54) is 0 Å². The molecule has 0 amide bonds. The van der Waals surface area contributed by atoms with E-state index in [0.717, 1.165) is 5.76 Å². The number of aliphatic imine (C=N–C) groups is 2. The Morgan fingerprint density at radius 1 is 1.44 bits per heavy atom. The van der Waals surface area contributed by atoms with Crippen LogP contribution < -0.4 is 16.0 Å². The standard InChI is InChI=1S/C10H15N5O/c1-6-4-5-8(16-6)15(3)10-13-7(2)12-9(11)14-10/h4-5,7H,1-3H3,(H3,11,12,13,14). The molecule has 1 atom stereocenters. The van der Waals surface area contributed by atoms with Gasteiger partial charge in [-0.05, 0) is 19.9 Å². The lowest BCUT2D eigenvalue weighted by atomic mass is 10.5. The number of rotatable bonds is 1. The van der Waals surface area contributed by atoms with Crippen molar-refractivity contribution in [2.75, 3.05) is 11.9 Å². The number of nitrogens with two attached hydrogens (primary N) is 1. The van der Waals surface area contributed by atoms with E-state index < -0.39 is 0 Å². The second-order valence-corrected chi connectivity index (χ2v) is 3.67. The van der Waals surface area contributed by atoms with E-state index in [-0.39, 0.29) is 6.17 Å². The third-order valence-corrected chi connectivity index (χ3v) is 2.25. The third-order valence-electron chi connectivity index (χ3n) is 2.25. The van der Waals surface area contributed by atoms with Gasteiger partial charge in [0.05, 0.1) is 0 Å². The highest BCUT2D eigenvalue weighted by molar-refractivity contribution is 6.06. The van der Waals surface area contributed by atoms with Crippen LogP contribution in [0.15, 0.2) is 26.5 Å². The lowest BCUT2D eigenvalue weighted by Crippen LogP contribution is -2.48. The molecule has 0 spiro atoms. The second kappa shape index (κ2) is 3.88. The minimum absolute atomic E-state index is 0.172. The zero-order chi connectivity index (χ0) is 11.7. The Labute approximate surface area is 93.8 Å². The fourth-order valence-corrected chi connectivity index (χ4v) is 1.46. The van der Waals surface area contributed by atoms with E-state index in [9.17, 15) is 0 Å². The molecule has 86 valence electrons. The molecule has 0 saturated carbocycles. The quantitative estimate of drug-likeness (QED) is 0.729. The van der Waals surface area contributed by atoms with Gasteiger partial charge >= 0.3 is 0 Å². The summed E-state index contributed by atoms with van der Waals surface area (Å²) in [4.78, 5) is 10.2. The van der Waals surface area contributed by atoms with Crippen molar-refractivity contribution >= 4 is 17.8 Å². The molecule has 1 aromatic heterocycles. The fourth-order valence-electron chi connectivity index (χ4n) is 1.46. The van der Waals surface area contributed by atoms with Crippen molar-refractivity contribution in [3.05, 3.63) is 17.9 Å². The van der Waals surface area contributed by atoms with E-state index >= 15 is 0 Å². The van der Waals surface area contributed by atoms with E-state index in [4.69, 9.17) is 10.2 Å². The average Bonchev–Trinajstić information content (AvgIpc) is 2.62. The normalized spacial score (nSPS) is 19.8. The molecule has 1 aliphatic rings. The summed E-state index contributed by atoms with van der Waals surface area (Å²) in [5.41, 5.74) is 5.64. The summed E-state index contributed by atoms with van der Waals surface area (Å²) in [7, 11) is 1.86. The van der Waals surface area contributed by atoms with Crippen molar-refractivity contribution in [1.82, 2.24) is 5.32 Å². The number of guanidine groups is 2. The predicted molar refractivity (Wildman–Crippen MR) is 63.5 cm³/mol. The van der Waals surface area contributed by atoms with E-state index in [0.29, 0.717) is 17.8 Å². The number of aryl methyl sites for hydroxylation is 1. The molecule has 0 aromatic carbocycles. The molecule has 0 radical (unpaired) electrons. The Morgan fingerprint density at radius 3 is 2.75 bits per heavy atom. The van der Waals surface area contributed by atoms with Crippen LogP contribution in [0.4, 0.5) is 5.88 Å². The van der Waals surface area contributed by atoms with Crippen LogP contribution in [0.25, 0.3) is 0 Å². The SMILES string of the molecule is Cc1ccc(N(C)C2=NC(C)N=C(N)N2)o1. The molecule has 16 heavy (non-hydrogen) atoms. The summed E-state index contributed by atoms with van der Waals surface area (Å²) in [6, 6.07) is 3.78. The summed E-state index contributed by atoms with van der Waals surface area (Å²) >= 11 is 0.